The number of Topliss-reactive ketones (excluding diaryl/α,β-unsaturated/α-hetero) is 1. The maximum absolute atomic E-state index is 13.0. The summed E-state index contributed by atoms with van der Waals surface area (Å²) in [5.74, 6) is -0.905. The maximum atomic E-state index is 13.0. The summed E-state index contributed by atoms with van der Waals surface area (Å²) in [6.07, 6.45) is 1.92. The predicted octanol–water partition coefficient (Wildman–Crippen LogP) is 5.40. The number of benzene rings is 2. The van der Waals surface area contributed by atoms with Gasteiger partial charge in [0.25, 0.3) is 0 Å². The van der Waals surface area contributed by atoms with E-state index in [4.69, 9.17) is 4.74 Å². The number of esters is 1. The van der Waals surface area contributed by atoms with Crippen LogP contribution < -0.4 is 10.6 Å². The number of anilines is 1. The van der Waals surface area contributed by atoms with Crippen molar-refractivity contribution < 1.29 is 19.1 Å². The average Bonchev–Trinajstić information content (AvgIpc) is 2.91. The molecule has 0 bridgehead atoms. The average molecular weight is 516 g/mol. The van der Waals surface area contributed by atoms with Crippen LogP contribution in [-0.4, -0.2) is 30.5 Å². The van der Waals surface area contributed by atoms with Crippen LogP contribution in [0.25, 0.3) is 0 Å². The van der Waals surface area contributed by atoms with Gasteiger partial charge in [0.1, 0.15) is 0 Å². The van der Waals surface area contributed by atoms with Gasteiger partial charge in [-0.1, -0.05) is 62.0 Å². The van der Waals surface area contributed by atoms with Crippen molar-refractivity contribution in [3.8, 4) is 6.07 Å². The lowest BCUT2D eigenvalue weighted by Crippen LogP contribution is -2.31. The number of dihydropyridines is 1. The fourth-order valence-corrected chi connectivity index (χ4v) is 5.51. The van der Waals surface area contributed by atoms with Crippen molar-refractivity contribution in [2.24, 2.45) is 0 Å². The van der Waals surface area contributed by atoms with E-state index >= 15 is 0 Å². The predicted molar refractivity (Wildman–Crippen MR) is 144 cm³/mol. The molecular weight excluding hydrogens is 486 g/mol. The third-order valence-electron chi connectivity index (χ3n) is 6.55. The molecule has 2 aromatic rings. The van der Waals surface area contributed by atoms with E-state index in [2.05, 4.69) is 30.6 Å². The number of hydrogen-bond acceptors (Lipinski definition) is 7. The molecule has 1 amide bonds. The number of ether oxygens (including phenoxy) is 1. The molecule has 0 saturated heterocycles. The number of ketones is 1. The smallest absolute Gasteiger partial charge is 0.339 e. The summed E-state index contributed by atoms with van der Waals surface area (Å²) >= 11 is 1.21. The first-order valence-corrected chi connectivity index (χ1v) is 13.2. The van der Waals surface area contributed by atoms with Crippen LogP contribution >= 0.6 is 11.8 Å². The first kappa shape index (κ1) is 26.2. The van der Waals surface area contributed by atoms with Gasteiger partial charge in [0.15, 0.2) is 5.78 Å². The van der Waals surface area contributed by atoms with E-state index in [9.17, 15) is 19.6 Å². The van der Waals surface area contributed by atoms with Gasteiger partial charge >= 0.3 is 5.97 Å². The number of rotatable bonds is 7. The van der Waals surface area contributed by atoms with Crippen molar-refractivity contribution in [3.05, 3.63) is 87.1 Å². The molecular formula is C29H29N3O4S. The van der Waals surface area contributed by atoms with Crippen molar-refractivity contribution in [2.75, 3.05) is 18.2 Å². The number of carbonyl (C=O) groups is 3. The highest BCUT2D eigenvalue weighted by atomic mass is 32.2. The topological polar surface area (TPSA) is 108 Å². The van der Waals surface area contributed by atoms with Crippen LogP contribution in [0.3, 0.4) is 0 Å². The number of methoxy groups -OCH3 is 1. The van der Waals surface area contributed by atoms with Gasteiger partial charge in [0.2, 0.25) is 5.91 Å². The fourth-order valence-electron chi connectivity index (χ4n) is 4.65. The third kappa shape index (κ3) is 5.62. The summed E-state index contributed by atoms with van der Waals surface area (Å²) in [5, 5.41) is 16.8. The molecule has 1 heterocycles. The Bertz CT molecular complexity index is 1340. The zero-order valence-corrected chi connectivity index (χ0v) is 21.9. The second kappa shape index (κ2) is 11.5. The Labute approximate surface area is 221 Å². The molecule has 0 unspecified atom stereocenters. The number of nitrogens with zero attached hydrogens (tertiary/aromatic N) is 1. The van der Waals surface area contributed by atoms with Crippen molar-refractivity contribution in [2.45, 2.75) is 44.9 Å². The lowest BCUT2D eigenvalue weighted by atomic mass is 9.76. The second-order valence-corrected chi connectivity index (χ2v) is 10.3. The minimum atomic E-state index is -0.542. The monoisotopic (exact) mass is 515 g/mol. The number of para-hydroxylation sites is 1. The Morgan fingerprint density at radius 1 is 1.16 bits per heavy atom. The highest BCUT2D eigenvalue weighted by Crippen LogP contribution is 2.44. The van der Waals surface area contributed by atoms with Crippen LogP contribution in [0.15, 0.2) is 70.4 Å². The maximum Gasteiger partial charge on any atom is 0.339 e. The summed E-state index contributed by atoms with van der Waals surface area (Å²) in [6.45, 7) is 4.24. The minimum Gasteiger partial charge on any atom is -0.465 e. The SMILES string of the molecule is COC(=O)c1ccccc1NC(=O)CSC1=C(C#N)[C@@H](c2ccc(C(C)C)cc2)C2=C(CCCC2=O)N1. The molecule has 8 heteroatoms. The molecule has 2 N–H and O–H groups in total. The fraction of sp³-hybridized carbons (Fsp3) is 0.310. The van der Waals surface area contributed by atoms with Crippen LogP contribution in [0.4, 0.5) is 5.69 Å². The van der Waals surface area contributed by atoms with Gasteiger partial charge in [0, 0.05) is 17.7 Å². The molecule has 0 spiro atoms. The molecule has 2 aliphatic rings. The Morgan fingerprint density at radius 2 is 1.89 bits per heavy atom. The minimum absolute atomic E-state index is 0.0125. The molecule has 2 aromatic carbocycles. The molecule has 1 aliphatic carbocycles. The van der Waals surface area contributed by atoms with Crippen LogP contribution in [0.2, 0.25) is 0 Å². The van der Waals surface area contributed by atoms with Gasteiger partial charge in [-0.15, -0.1) is 0 Å². The van der Waals surface area contributed by atoms with Crippen molar-refractivity contribution in [1.29, 1.82) is 5.26 Å². The third-order valence-corrected chi connectivity index (χ3v) is 7.57. The first-order valence-electron chi connectivity index (χ1n) is 12.2. The summed E-state index contributed by atoms with van der Waals surface area (Å²) < 4.78 is 4.79. The van der Waals surface area contributed by atoms with Gasteiger partial charge in [-0.05, 0) is 42.0 Å². The van der Waals surface area contributed by atoms with Crippen molar-refractivity contribution in [1.82, 2.24) is 5.32 Å². The lowest BCUT2D eigenvalue weighted by Gasteiger charge is -2.33. The van der Waals surface area contributed by atoms with E-state index in [-0.39, 0.29) is 23.0 Å². The van der Waals surface area contributed by atoms with Gasteiger partial charge < -0.3 is 15.4 Å². The zero-order valence-electron chi connectivity index (χ0n) is 21.1. The molecule has 0 saturated carbocycles. The number of amides is 1. The van der Waals surface area contributed by atoms with Gasteiger partial charge in [0.05, 0.1) is 46.7 Å². The van der Waals surface area contributed by atoms with Crippen molar-refractivity contribution in [3.63, 3.8) is 0 Å². The van der Waals surface area contributed by atoms with Gasteiger partial charge in [-0.3, -0.25) is 9.59 Å². The van der Waals surface area contributed by atoms with Crippen LogP contribution in [0.1, 0.15) is 66.4 Å². The second-order valence-electron chi connectivity index (χ2n) is 9.28. The van der Waals surface area contributed by atoms with Gasteiger partial charge in [-0.25, -0.2) is 4.79 Å². The van der Waals surface area contributed by atoms with Gasteiger partial charge in [-0.2, -0.15) is 5.26 Å². The summed E-state index contributed by atoms with van der Waals surface area (Å²) in [6, 6.07) is 17.0. The quantitative estimate of drug-likeness (QED) is 0.476. The Hall–Kier alpha value is -3.83. The Balaban J connectivity index is 1.61. The number of nitriles is 1. The summed E-state index contributed by atoms with van der Waals surface area (Å²) in [4.78, 5) is 37.8. The van der Waals surface area contributed by atoms with E-state index in [1.165, 1.54) is 24.4 Å². The number of hydrogen-bond donors (Lipinski definition) is 2. The van der Waals surface area contributed by atoms with E-state index < -0.39 is 11.9 Å². The molecule has 7 nitrogen and oxygen atoms in total. The van der Waals surface area contributed by atoms with E-state index in [1.54, 1.807) is 24.3 Å². The summed E-state index contributed by atoms with van der Waals surface area (Å²) in [7, 11) is 1.28. The first-order chi connectivity index (χ1) is 17.8. The highest BCUT2D eigenvalue weighted by molar-refractivity contribution is 8.03. The standard InChI is InChI=1S/C29H29N3O4S/c1-17(2)18-11-13-19(14-12-18)26-21(15-30)28(32-23-9-6-10-24(33)27(23)26)37-16-25(34)31-22-8-5-4-7-20(22)29(35)36-3/h4-5,7-8,11-14,17,26,32H,6,9-10,16H2,1-3H3,(H,31,34)/t26-/m1/s1. The van der Waals surface area contributed by atoms with E-state index in [1.807, 2.05) is 24.3 Å². The molecule has 1 aliphatic heterocycles. The molecule has 0 aromatic heterocycles. The van der Waals surface area contributed by atoms with Crippen LogP contribution in [0, 0.1) is 11.3 Å². The molecule has 37 heavy (non-hydrogen) atoms. The Kier molecular flexibility index (Phi) is 8.14. The molecule has 1 atom stereocenters. The summed E-state index contributed by atoms with van der Waals surface area (Å²) in [5.41, 5.74) is 4.60. The zero-order chi connectivity index (χ0) is 26.5. The number of allylic oxidation sites excluding steroid dienone is 3. The number of nitrogens with one attached hydrogen (secondary N) is 2. The number of carbonyl (C=O) groups excluding carboxylic acids is 3. The largest absolute Gasteiger partial charge is 0.465 e. The highest BCUT2D eigenvalue weighted by Gasteiger charge is 2.37. The molecule has 4 rings (SSSR count). The molecule has 0 fully saturated rings. The molecule has 190 valence electrons. The molecule has 0 radical (unpaired) electrons. The van der Waals surface area contributed by atoms with E-state index in [0.717, 1.165) is 17.7 Å². The normalized spacial score (nSPS) is 17.2. The Morgan fingerprint density at radius 3 is 2.57 bits per heavy atom. The van der Waals surface area contributed by atoms with E-state index in [0.29, 0.717) is 40.6 Å². The van der Waals surface area contributed by atoms with Crippen LogP contribution in [-0.2, 0) is 14.3 Å². The lowest BCUT2D eigenvalue weighted by molar-refractivity contribution is -0.116. The van der Waals surface area contributed by atoms with Crippen molar-refractivity contribution >= 4 is 35.1 Å². The number of thioether (sulfide) groups is 1. The van der Waals surface area contributed by atoms with Crippen LogP contribution in [0.5, 0.6) is 0 Å².